The van der Waals surface area contributed by atoms with Gasteiger partial charge >= 0.3 is 0 Å². The van der Waals surface area contributed by atoms with Crippen molar-refractivity contribution in [2.75, 3.05) is 12.3 Å². The number of amides is 1. The van der Waals surface area contributed by atoms with E-state index in [2.05, 4.69) is 6.58 Å². The Morgan fingerprint density at radius 1 is 1.44 bits per heavy atom. The lowest BCUT2D eigenvalue weighted by molar-refractivity contribution is -0.156. The van der Waals surface area contributed by atoms with Crippen LogP contribution >= 0.6 is 0 Å². The second-order valence-electron chi connectivity index (χ2n) is 3.21. The molecular formula is C12H14N2O2. The lowest BCUT2D eigenvalue weighted by Crippen LogP contribution is -2.25. The number of nitrogen functional groups attached to an aromatic ring is 1. The highest BCUT2D eigenvalue weighted by molar-refractivity contribution is 5.91. The van der Waals surface area contributed by atoms with Crippen molar-refractivity contribution in [1.29, 1.82) is 0 Å². The highest BCUT2D eigenvalue weighted by Gasteiger charge is 2.03. The Bertz CT molecular complexity index is 396. The van der Waals surface area contributed by atoms with Crippen LogP contribution in [-0.2, 0) is 4.79 Å². The minimum Gasteiger partial charge on any atom is -0.399 e. The molecule has 0 saturated carbocycles. The number of carbonyl (C=O) groups is 1. The SMILES string of the molecule is C=CCN(O)C(=O)/C=C/c1ccc(N)cc1. The van der Waals surface area contributed by atoms with E-state index in [0.717, 1.165) is 5.56 Å². The summed E-state index contributed by atoms with van der Waals surface area (Å²) in [4.78, 5) is 11.3. The number of rotatable bonds is 4. The third-order valence-corrected chi connectivity index (χ3v) is 1.91. The monoisotopic (exact) mass is 218 g/mol. The summed E-state index contributed by atoms with van der Waals surface area (Å²) in [6.45, 7) is 3.52. The van der Waals surface area contributed by atoms with Crippen LogP contribution in [0.4, 0.5) is 5.69 Å². The minimum absolute atomic E-state index is 0.102. The molecule has 0 heterocycles. The van der Waals surface area contributed by atoms with Crippen LogP contribution < -0.4 is 5.73 Å². The lowest BCUT2D eigenvalue weighted by atomic mass is 10.2. The third kappa shape index (κ3) is 3.59. The summed E-state index contributed by atoms with van der Waals surface area (Å²) >= 11 is 0. The van der Waals surface area contributed by atoms with Crippen LogP contribution in [0.2, 0.25) is 0 Å². The summed E-state index contributed by atoms with van der Waals surface area (Å²) < 4.78 is 0. The summed E-state index contributed by atoms with van der Waals surface area (Å²) in [6.07, 6.45) is 4.33. The first-order chi connectivity index (χ1) is 7.63. The van der Waals surface area contributed by atoms with Crippen molar-refractivity contribution in [3.63, 3.8) is 0 Å². The van der Waals surface area contributed by atoms with E-state index in [9.17, 15) is 10.0 Å². The van der Waals surface area contributed by atoms with Crippen molar-refractivity contribution in [3.05, 3.63) is 48.6 Å². The van der Waals surface area contributed by atoms with Gasteiger partial charge in [0.15, 0.2) is 0 Å². The van der Waals surface area contributed by atoms with Crippen molar-refractivity contribution in [2.24, 2.45) is 0 Å². The summed E-state index contributed by atoms with van der Waals surface area (Å²) in [6, 6.07) is 7.05. The predicted octanol–water partition coefficient (Wildman–Crippen LogP) is 1.69. The van der Waals surface area contributed by atoms with Gasteiger partial charge < -0.3 is 5.73 Å². The van der Waals surface area contributed by atoms with Crippen LogP contribution in [0.5, 0.6) is 0 Å². The van der Waals surface area contributed by atoms with Crippen molar-refractivity contribution >= 4 is 17.7 Å². The van der Waals surface area contributed by atoms with Crippen molar-refractivity contribution in [3.8, 4) is 0 Å². The number of carbonyl (C=O) groups excluding carboxylic acids is 1. The molecule has 0 aromatic heterocycles. The molecular weight excluding hydrogens is 204 g/mol. The summed E-state index contributed by atoms with van der Waals surface area (Å²) in [7, 11) is 0. The summed E-state index contributed by atoms with van der Waals surface area (Å²) in [5.41, 5.74) is 7.03. The number of nitrogens with zero attached hydrogens (tertiary/aromatic N) is 1. The Morgan fingerprint density at radius 2 is 2.06 bits per heavy atom. The Balaban J connectivity index is 2.62. The Hall–Kier alpha value is -2.07. The van der Waals surface area contributed by atoms with E-state index < -0.39 is 5.91 Å². The molecule has 0 aliphatic rings. The normalized spacial score (nSPS) is 10.3. The quantitative estimate of drug-likeness (QED) is 0.266. The molecule has 1 aromatic carbocycles. The summed E-state index contributed by atoms with van der Waals surface area (Å²) in [5, 5.41) is 9.77. The van der Waals surface area contributed by atoms with Crippen LogP contribution in [0.1, 0.15) is 5.56 Å². The van der Waals surface area contributed by atoms with E-state index in [0.29, 0.717) is 10.8 Å². The average molecular weight is 218 g/mol. The fourth-order valence-electron chi connectivity index (χ4n) is 1.07. The molecule has 0 spiro atoms. The molecule has 4 heteroatoms. The molecule has 0 atom stereocenters. The molecule has 0 aliphatic heterocycles. The minimum atomic E-state index is -0.489. The van der Waals surface area contributed by atoms with E-state index in [1.54, 1.807) is 30.3 Å². The predicted molar refractivity (Wildman–Crippen MR) is 63.6 cm³/mol. The van der Waals surface area contributed by atoms with Gasteiger partial charge in [0.05, 0.1) is 6.54 Å². The maximum atomic E-state index is 11.3. The van der Waals surface area contributed by atoms with Gasteiger partial charge in [-0.15, -0.1) is 6.58 Å². The Morgan fingerprint density at radius 3 is 2.62 bits per heavy atom. The van der Waals surface area contributed by atoms with Crippen LogP contribution in [0, 0.1) is 0 Å². The highest BCUT2D eigenvalue weighted by atomic mass is 16.5. The lowest BCUT2D eigenvalue weighted by Gasteiger charge is -2.08. The first-order valence-corrected chi connectivity index (χ1v) is 4.78. The van der Waals surface area contributed by atoms with Gasteiger partial charge in [0.1, 0.15) is 0 Å². The van der Waals surface area contributed by atoms with E-state index in [1.807, 2.05) is 0 Å². The zero-order chi connectivity index (χ0) is 12.0. The summed E-state index contributed by atoms with van der Waals surface area (Å²) in [5.74, 6) is -0.489. The van der Waals surface area contributed by atoms with Gasteiger partial charge in [-0.05, 0) is 23.8 Å². The molecule has 0 radical (unpaired) electrons. The Kier molecular flexibility index (Phi) is 4.29. The van der Waals surface area contributed by atoms with Gasteiger partial charge in [-0.1, -0.05) is 18.2 Å². The standard InChI is InChI=1S/C12H14N2O2/c1-2-9-14(16)12(15)8-5-10-3-6-11(13)7-4-10/h2-8,16H,1,9,13H2/b8-5+. The topological polar surface area (TPSA) is 66.6 Å². The van der Waals surface area contributed by atoms with Gasteiger partial charge in [0.2, 0.25) is 0 Å². The molecule has 84 valence electrons. The molecule has 0 saturated heterocycles. The molecule has 1 aromatic rings. The molecule has 0 fully saturated rings. The maximum Gasteiger partial charge on any atom is 0.270 e. The molecule has 0 aliphatic carbocycles. The molecule has 4 nitrogen and oxygen atoms in total. The molecule has 3 N–H and O–H groups in total. The smallest absolute Gasteiger partial charge is 0.270 e. The van der Waals surface area contributed by atoms with Crippen LogP contribution in [0.25, 0.3) is 6.08 Å². The van der Waals surface area contributed by atoms with Gasteiger partial charge in [-0.25, -0.2) is 5.06 Å². The molecule has 1 rings (SSSR count). The second kappa shape index (κ2) is 5.72. The van der Waals surface area contributed by atoms with Crippen molar-refractivity contribution in [2.45, 2.75) is 0 Å². The first-order valence-electron chi connectivity index (χ1n) is 4.78. The molecule has 1 amide bonds. The molecule has 0 unspecified atom stereocenters. The van der Waals surface area contributed by atoms with Crippen LogP contribution in [-0.4, -0.2) is 22.7 Å². The van der Waals surface area contributed by atoms with Crippen molar-refractivity contribution in [1.82, 2.24) is 5.06 Å². The largest absolute Gasteiger partial charge is 0.399 e. The van der Waals surface area contributed by atoms with E-state index in [1.165, 1.54) is 12.2 Å². The van der Waals surface area contributed by atoms with Crippen LogP contribution in [0.15, 0.2) is 43.0 Å². The van der Waals surface area contributed by atoms with Crippen molar-refractivity contribution < 1.29 is 10.0 Å². The van der Waals surface area contributed by atoms with E-state index >= 15 is 0 Å². The number of benzene rings is 1. The van der Waals surface area contributed by atoms with Crippen LogP contribution in [0.3, 0.4) is 0 Å². The fourth-order valence-corrected chi connectivity index (χ4v) is 1.07. The zero-order valence-electron chi connectivity index (χ0n) is 8.84. The zero-order valence-corrected chi connectivity index (χ0v) is 8.84. The second-order valence-corrected chi connectivity index (χ2v) is 3.21. The number of hydrogen-bond acceptors (Lipinski definition) is 3. The molecule has 16 heavy (non-hydrogen) atoms. The number of nitrogens with two attached hydrogens (primary N) is 1. The van der Waals surface area contributed by atoms with Gasteiger partial charge in [-0.3, -0.25) is 10.0 Å². The van der Waals surface area contributed by atoms with Gasteiger partial charge in [-0.2, -0.15) is 0 Å². The molecule has 0 bridgehead atoms. The first kappa shape index (κ1) is 12.0. The number of hydroxylamine groups is 2. The highest BCUT2D eigenvalue weighted by Crippen LogP contribution is 2.07. The maximum absolute atomic E-state index is 11.3. The van der Waals surface area contributed by atoms with E-state index in [-0.39, 0.29) is 6.54 Å². The Labute approximate surface area is 94.3 Å². The van der Waals surface area contributed by atoms with E-state index in [4.69, 9.17) is 5.73 Å². The number of hydrogen-bond donors (Lipinski definition) is 2. The average Bonchev–Trinajstić information content (AvgIpc) is 2.28. The number of anilines is 1. The van der Waals surface area contributed by atoms with Gasteiger partial charge in [0.25, 0.3) is 5.91 Å². The van der Waals surface area contributed by atoms with Gasteiger partial charge in [0, 0.05) is 11.8 Å². The third-order valence-electron chi connectivity index (χ3n) is 1.91. The fraction of sp³-hybridized carbons (Fsp3) is 0.0833.